The predicted octanol–water partition coefficient (Wildman–Crippen LogP) is -0.0150. The van der Waals surface area contributed by atoms with Crippen molar-refractivity contribution >= 4 is 10.0 Å². The first-order valence-electron chi connectivity index (χ1n) is 4.45. The molecule has 0 saturated heterocycles. The maximum atomic E-state index is 11.9. The molecule has 1 rings (SSSR count). The van der Waals surface area contributed by atoms with Crippen LogP contribution in [-0.4, -0.2) is 50.0 Å². The number of H-pyrrole nitrogens is 1. The molecular formula is C8H15N3O3S. The number of sulfonamides is 1. The lowest BCUT2D eigenvalue weighted by molar-refractivity contribution is 0.185. The van der Waals surface area contributed by atoms with E-state index < -0.39 is 10.0 Å². The molecule has 0 unspecified atom stereocenters. The van der Waals surface area contributed by atoms with Gasteiger partial charge < -0.3 is 9.72 Å². The van der Waals surface area contributed by atoms with Crippen LogP contribution in [0.5, 0.6) is 0 Å². The molecule has 7 heteroatoms. The van der Waals surface area contributed by atoms with Gasteiger partial charge in [0.05, 0.1) is 12.8 Å². The Morgan fingerprint density at radius 2 is 2.27 bits per heavy atom. The van der Waals surface area contributed by atoms with E-state index in [9.17, 15) is 8.42 Å². The summed E-state index contributed by atoms with van der Waals surface area (Å²) in [5.74, 6) is 0.578. The van der Waals surface area contributed by atoms with E-state index in [1.54, 1.807) is 6.92 Å². The molecule has 15 heavy (non-hydrogen) atoms. The lowest BCUT2D eigenvalue weighted by Crippen LogP contribution is -2.30. The minimum Gasteiger partial charge on any atom is -0.383 e. The van der Waals surface area contributed by atoms with Gasteiger partial charge in [0, 0.05) is 20.7 Å². The Labute approximate surface area is 89.3 Å². The van der Waals surface area contributed by atoms with Gasteiger partial charge >= 0.3 is 0 Å². The highest BCUT2D eigenvalue weighted by atomic mass is 32.2. The molecule has 0 fully saturated rings. The molecule has 0 aliphatic carbocycles. The number of imidazole rings is 1. The number of nitrogens with zero attached hydrogens (tertiary/aromatic N) is 2. The second kappa shape index (κ2) is 4.73. The van der Waals surface area contributed by atoms with Gasteiger partial charge in [-0.05, 0) is 6.92 Å². The van der Waals surface area contributed by atoms with E-state index in [1.165, 1.54) is 24.7 Å². The van der Waals surface area contributed by atoms with E-state index in [4.69, 9.17) is 4.74 Å². The highest BCUT2D eigenvalue weighted by Gasteiger charge is 2.22. The average molecular weight is 233 g/mol. The van der Waals surface area contributed by atoms with Gasteiger partial charge in [0.15, 0.2) is 5.03 Å². The third kappa shape index (κ3) is 2.77. The molecule has 1 N–H and O–H groups in total. The van der Waals surface area contributed by atoms with Gasteiger partial charge in [0.25, 0.3) is 10.0 Å². The van der Waals surface area contributed by atoms with Crippen molar-refractivity contribution in [2.45, 2.75) is 11.9 Å². The van der Waals surface area contributed by atoms with Gasteiger partial charge in [-0.15, -0.1) is 0 Å². The maximum absolute atomic E-state index is 11.9. The number of aryl methyl sites for hydroxylation is 1. The van der Waals surface area contributed by atoms with Crippen LogP contribution < -0.4 is 0 Å². The van der Waals surface area contributed by atoms with E-state index in [-0.39, 0.29) is 5.03 Å². The normalized spacial score (nSPS) is 12.3. The van der Waals surface area contributed by atoms with E-state index >= 15 is 0 Å². The van der Waals surface area contributed by atoms with E-state index in [1.807, 2.05) is 0 Å². The standard InChI is InChI=1S/C8H15N3O3S/c1-7-9-6-8(10-7)15(12,13)11(2)4-5-14-3/h6H,4-5H2,1-3H3,(H,9,10). The molecule has 1 aromatic rings. The van der Waals surface area contributed by atoms with Gasteiger partial charge in [-0.3, -0.25) is 0 Å². The van der Waals surface area contributed by atoms with Crippen molar-refractivity contribution in [1.29, 1.82) is 0 Å². The minimum atomic E-state index is -3.46. The zero-order valence-corrected chi connectivity index (χ0v) is 9.84. The summed E-state index contributed by atoms with van der Waals surface area (Å²) in [6.07, 6.45) is 1.31. The number of nitrogens with one attached hydrogen (secondary N) is 1. The fourth-order valence-corrected chi connectivity index (χ4v) is 2.15. The largest absolute Gasteiger partial charge is 0.383 e. The Bertz CT molecular complexity index is 413. The van der Waals surface area contributed by atoms with Crippen molar-refractivity contribution < 1.29 is 13.2 Å². The van der Waals surface area contributed by atoms with Crippen molar-refractivity contribution in [2.24, 2.45) is 0 Å². The summed E-state index contributed by atoms with van der Waals surface area (Å²) in [6.45, 7) is 2.38. The molecule has 0 aliphatic rings. The summed E-state index contributed by atoms with van der Waals surface area (Å²) < 4.78 is 29.7. The molecule has 0 amide bonds. The lowest BCUT2D eigenvalue weighted by atomic mass is 10.7. The van der Waals surface area contributed by atoms with Crippen LogP contribution in [0.2, 0.25) is 0 Å². The van der Waals surface area contributed by atoms with E-state index in [2.05, 4.69) is 9.97 Å². The fourth-order valence-electron chi connectivity index (χ4n) is 1.04. The third-order valence-corrected chi connectivity index (χ3v) is 3.74. The smallest absolute Gasteiger partial charge is 0.259 e. The summed E-state index contributed by atoms with van der Waals surface area (Å²) in [6, 6.07) is 0. The highest BCUT2D eigenvalue weighted by molar-refractivity contribution is 7.89. The van der Waals surface area contributed by atoms with Gasteiger partial charge in [-0.2, -0.15) is 4.31 Å². The maximum Gasteiger partial charge on any atom is 0.259 e. The molecule has 1 aromatic heterocycles. The molecule has 0 bridgehead atoms. The minimum absolute atomic E-state index is 0.110. The summed E-state index contributed by atoms with van der Waals surface area (Å²) in [7, 11) is -0.422. The molecule has 6 nitrogen and oxygen atoms in total. The summed E-state index contributed by atoms with van der Waals surface area (Å²) in [4.78, 5) is 6.55. The predicted molar refractivity (Wildman–Crippen MR) is 55.0 cm³/mol. The Hall–Kier alpha value is -0.920. The summed E-state index contributed by atoms with van der Waals surface area (Å²) in [5, 5.41) is 0.110. The Morgan fingerprint density at radius 3 is 2.73 bits per heavy atom. The second-order valence-corrected chi connectivity index (χ2v) is 5.17. The van der Waals surface area contributed by atoms with Crippen molar-refractivity contribution in [1.82, 2.24) is 14.3 Å². The molecule has 0 aromatic carbocycles. The van der Waals surface area contributed by atoms with Crippen LogP contribution in [0, 0.1) is 6.92 Å². The topological polar surface area (TPSA) is 75.3 Å². The molecule has 86 valence electrons. The molecule has 0 aliphatic heterocycles. The first-order valence-corrected chi connectivity index (χ1v) is 5.89. The van der Waals surface area contributed by atoms with Gasteiger partial charge in [-0.25, -0.2) is 13.4 Å². The summed E-state index contributed by atoms with van der Waals surface area (Å²) in [5.41, 5.74) is 0. The quantitative estimate of drug-likeness (QED) is 0.776. The number of hydrogen-bond acceptors (Lipinski definition) is 4. The number of rotatable bonds is 5. The molecule has 1 heterocycles. The van der Waals surface area contributed by atoms with Crippen LogP contribution in [0.4, 0.5) is 0 Å². The molecule has 0 saturated carbocycles. The van der Waals surface area contributed by atoms with Crippen LogP contribution in [0.3, 0.4) is 0 Å². The fraction of sp³-hybridized carbons (Fsp3) is 0.625. The van der Waals surface area contributed by atoms with E-state index in [0.29, 0.717) is 19.0 Å². The Kier molecular flexibility index (Phi) is 3.83. The number of aromatic nitrogens is 2. The van der Waals surface area contributed by atoms with Crippen molar-refractivity contribution in [3.05, 3.63) is 12.0 Å². The summed E-state index contributed by atoms with van der Waals surface area (Å²) >= 11 is 0. The molecule has 0 radical (unpaired) electrons. The number of aromatic amines is 1. The zero-order chi connectivity index (χ0) is 11.5. The van der Waals surface area contributed by atoms with Gasteiger partial charge in [-0.1, -0.05) is 0 Å². The average Bonchev–Trinajstić information content (AvgIpc) is 2.61. The third-order valence-electron chi connectivity index (χ3n) is 1.98. The molecule has 0 atom stereocenters. The SMILES string of the molecule is COCCN(C)S(=O)(=O)c1cnc(C)[nH]1. The molecule has 0 spiro atoms. The van der Waals surface area contributed by atoms with Crippen LogP contribution in [0.1, 0.15) is 5.82 Å². The number of methoxy groups -OCH3 is 1. The lowest BCUT2D eigenvalue weighted by Gasteiger charge is -2.14. The van der Waals surface area contributed by atoms with Crippen LogP contribution >= 0.6 is 0 Å². The van der Waals surface area contributed by atoms with Crippen molar-refractivity contribution in [2.75, 3.05) is 27.3 Å². The Balaban J connectivity index is 2.83. The van der Waals surface area contributed by atoms with E-state index in [0.717, 1.165) is 0 Å². The number of likely N-dealkylation sites (N-methyl/N-ethyl adjacent to an activating group) is 1. The Morgan fingerprint density at radius 1 is 1.60 bits per heavy atom. The van der Waals surface area contributed by atoms with Crippen molar-refractivity contribution in [3.8, 4) is 0 Å². The van der Waals surface area contributed by atoms with Gasteiger partial charge in [0.1, 0.15) is 5.82 Å². The zero-order valence-electron chi connectivity index (χ0n) is 9.02. The first kappa shape index (κ1) is 12.2. The number of ether oxygens (including phenoxy) is 1. The monoisotopic (exact) mass is 233 g/mol. The first-order chi connectivity index (χ1) is 6.98. The number of hydrogen-bond donors (Lipinski definition) is 1. The van der Waals surface area contributed by atoms with Crippen molar-refractivity contribution in [3.63, 3.8) is 0 Å². The second-order valence-electron chi connectivity index (χ2n) is 3.15. The van der Waals surface area contributed by atoms with Crippen LogP contribution in [0.15, 0.2) is 11.2 Å². The van der Waals surface area contributed by atoms with Gasteiger partial charge in [0.2, 0.25) is 0 Å². The van der Waals surface area contributed by atoms with Crippen LogP contribution in [0.25, 0.3) is 0 Å². The van der Waals surface area contributed by atoms with Crippen LogP contribution in [-0.2, 0) is 14.8 Å². The molecular weight excluding hydrogens is 218 g/mol. The highest BCUT2D eigenvalue weighted by Crippen LogP contribution is 2.10.